The molecule has 2 rings (SSSR count). The predicted molar refractivity (Wildman–Crippen MR) is 86.9 cm³/mol. The molecule has 0 aliphatic carbocycles. The number of carbonyl (C=O) groups excluding carboxylic acids is 1. The second-order valence-corrected chi connectivity index (χ2v) is 3.47. The molecule has 0 atom stereocenters. The fourth-order valence-electron chi connectivity index (χ4n) is 1.43. The number of carbonyl (C=O) groups is 1. The van der Waals surface area contributed by atoms with Crippen molar-refractivity contribution in [1.82, 2.24) is 0 Å². The Morgan fingerprint density at radius 3 is 1.83 bits per heavy atom. The highest BCUT2D eigenvalue weighted by Gasteiger charge is 1.98. The Hall–Kier alpha value is -1.19. The van der Waals surface area contributed by atoms with E-state index in [4.69, 9.17) is 0 Å². The monoisotopic (exact) mass is 368 g/mol. The van der Waals surface area contributed by atoms with Gasteiger partial charge in [0.2, 0.25) is 0 Å². The lowest BCUT2D eigenvalue weighted by molar-refractivity contribution is 0.104. The largest absolute Gasteiger partial charge is 0.289 e. The fraction of sp³-hybridized carbons (Fsp3) is 0. The van der Waals surface area contributed by atoms with Crippen LogP contribution in [0.4, 0.5) is 0 Å². The molecule has 0 fully saturated rings. The van der Waals surface area contributed by atoms with Gasteiger partial charge in [-0.2, -0.15) is 0 Å². The third kappa shape index (κ3) is 4.98. The predicted octanol–water partition coefficient (Wildman–Crippen LogP) is 4.74. The first-order valence-electron chi connectivity index (χ1n) is 5.19. The zero-order valence-electron chi connectivity index (χ0n) is 9.65. The molecule has 0 spiro atoms. The van der Waals surface area contributed by atoms with Crippen LogP contribution in [0.15, 0.2) is 66.7 Å². The smallest absolute Gasteiger partial charge is 0.185 e. The average Bonchev–Trinajstić information content (AvgIpc) is 2.38. The van der Waals surface area contributed by atoms with E-state index in [1.165, 1.54) is 0 Å². The molecule has 0 bridgehead atoms. The summed E-state index contributed by atoms with van der Waals surface area (Å²) in [6, 6.07) is 19.1. The highest BCUT2D eigenvalue weighted by Crippen LogP contribution is 2.05. The number of hydrogen-bond acceptors (Lipinski definition) is 1. The van der Waals surface area contributed by atoms with E-state index in [9.17, 15) is 4.79 Å². The highest BCUT2D eigenvalue weighted by atomic mass is 79.9. The van der Waals surface area contributed by atoms with Crippen molar-refractivity contribution < 1.29 is 4.79 Å². The van der Waals surface area contributed by atoms with Crippen molar-refractivity contribution in [1.29, 1.82) is 0 Å². The van der Waals surface area contributed by atoms with Crippen molar-refractivity contribution >= 4 is 45.8 Å². The van der Waals surface area contributed by atoms with Crippen molar-refractivity contribution in [3.8, 4) is 0 Å². The molecule has 0 amide bonds. The van der Waals surface area contributed by atoms with Crippen LogP contribution in [0, 0.1) is 0 Å². The summed E-state index contributed by atoms with van der Waals surface area (Å²) in [7, 11) is 0. The van der Waals surface area contributed by atoms with E-state index in [0.717, 1.165) is 11.1 Å². The van der Waals surface area contributed by atoms with Gasteiger partial charge in [0.1, 0.15) is 0 Å². The quantitative estimate of drug-likeness (QED) is 0.564. The molecule has 0 saturated heterocycles. The van der Waals surface area contributed by atoms with Crippen molar-refractivity contribution in [2.45, 2.75) is 0 Å². The van der Waals surface area contributed by atoms with E-state index in [1.54, 1.807) is 6.08 Å². The topological polar surface area (TPSA) is 17.1 Å². The molecule has 0 heterocycles. The Morgan fingerprint density at radius 1 is 0.778 bits per heavy atom. The third-order valence-corrected chi connectivity index (χ3v) is 2.29. The van der Waals surface area contributed by atoms with E-state index in [0.29, 0.717) is 0 Å². The zero-order chi connectivity index (χ0) is 11.2. The molecule has 1 nitrogen and oxygen atoms in total. The van der Waals surface area contributed by atoms with E-state index in [1.807, 2.05) is 66.7 Å². The van der Waals surface area contributed by atoms with Crippen LogP contribution >= 0.6 is 34.0 Å². The summed E-state index contributed by atoms with van der Waals surface area (Å²) in [5.41, 5.74) is 1.75. The molecule has 0 aromatic heterocycles. The lowest BCUT2D eigenvalue weighted by Gasteiger charge is -1.94. The Bertz CT molecular complexity index is 492. The molecule has 0 aliphatic rings. The molecule has 0 unspecified atom stereocenters. The average molecular weight is 370 g/mol. The van der Waals surface area contributed by atoms with Crippen LogP contribution in [0.2, 0.25) is 0 Å². The van der Waals surface area contributed by atoms with Gasteiger partial charge < -0.3 is 0 Å². The molecule has 2 aromatic carbocycles. The number of halogens is 2. The second kappa shape index (κ2) is 8.84. The zero-order valence-corrected chi connectivity index (χ0v) is 13.1. The molecular formula is C15H14Br2O. The van der Waals surface area contributed by atoms with Crippen LogP contribution in [0.5, 0.6) is 0 Å². The molecule has 94 valence electrons. The van der Waals surface area contributed by atoms with Crippen LogP contribution in [-0.4, -0.2) is 5.78 Å². The van der Waals surface area contributed by atoms with E-state index in [2.05, 4.69) is 0 Å². The molecule has 0 aliphatic heterocycles. The summed E-state index contributed by atoms with van der Waals surface area (Å²) in [6.07, 6.45) is 3.43. The van der Waals surface area contributed by atoms with Crippen molar-refractivity contribution in [3.63, 3.8) is 0 Å². The Balaban J connectivity index is 0.00000144. The molecular weight excluding hydrogens is 356 g/mol. The number of hydrogen-bond donors (Lipinski definition) is 0. The Labute approximate surface area is 128 Å². The first-order chi connectivity index (χ1) is 7.86. The van der Waals surface area contributed by atoms with Crippen LogP contribution in [0.1, 0.15) is 15.9 Å². The lowest BCUT2D eigenvalue weighted by Crippen LogP contribution is -1.92. The maximum Gasteiger partial charge on any atom is 0.185 e. The maximum atomic E-state index is 11.7. The Morgan fingerprint density at radius 2 is 1.28 bits per heavy atom. The standard InChI is InChI=1S/C15H12O.2BrH/c16-15(14-9-5-2-6-10-14)12-11-13-7-3-1-4-8-13;;/h1-12H;2*1H/b12-11+;;. The summed E-state index contributed by atoms with van der Waals surface area (Å²) < 4.78 is 0. The first-order valence-corrected chi connectivity index (χ1v) is 5.19. The number of benzene rings is 2. The van der Waals surface area contributed by atoms with Gasteiger partial charge in [0.25, 0.3) is 0 Å². The van der Waals surface area contributed by atoms with Crippen LogP contribution in [0.3, 0.4) is 0 Å². The van der Waals surface area contributed by atoms with Gasteiger partial charge in [0, 0.05) is 5.56 Å². The normalized spacial score (nSPS) is 9.33. The number of allylic oxidation sites excluding steroid dienone is 1. The summed E-state index contributed by atoms with van der Waals surface area (Å²) in [6.45, 7) is 0. The number of ketones is 1. The summed E-state index contributed by atoms with van der Waals surface area (Å²) in [4.78, 5) is 11.7. The molecule has 2 aromatic rings. The first kappa shape index (κ1) is 16.8. The highest BCUT2D eigenvalue weighted by molar-refractivity contribution is 8.93. The Kier molecular flexibility index (Phi) is 8.25. The molecule has 18 heavy (non-hydrogen) atoms. The lowest BCUT2D eigenvalue weighted by atomic mass is 10.1. The van der Waals surface area contributed by atoms with E-state index in [-0.39, 0.29) is 39.7 Å². The van der Waals surface area contributed by atoms with Gasteiger partial charge in [0.05, 0.1) is 0 Å². The minimum atomic E-state index is 0. The molecule has 0 N–H and O–H groups in total. The van der Waals surface area contributed by atoms with Gasteiger partial charge in [-0.3, -0.25) is 4.79 Å². The van der Waals surface area contributed by atoms with Crippen LogP contribution in [0.25, 0.3) is 6.08 Å². The van der Waals surface area contributed by atoms with Gasteiger partial charge in [-0.15, -0.1) is 34.0 Å². The van der Waals surface area contributed by atoms with Gasteiger partial charge in [-0.05, 0) is 11.6 Å². The minimum Gasteiger partial charge on any atom is -0.289 e. The summed E-state index contributed by atoms with van der Waals surface area (Å²) in [5.74, 6) is 0.0319. The van der Waals surface area contributed by atoms with E-state index >= 15 is 0 Å². The van der Waals surface area contributed by atoms with Crippen LogP contribution < -0.4 is 0 Å². The van der Waals surface area contributed by atoms with Gasteiger partial charge in [0.15, 0.2) is 5.78 Å². The number of rotatable bonds is 3. The third-order valence-electron chi connectivity index (χ3n) is 2.29. The van der Waals surface area contributed by atoms with Crippen molar-refractivity contribution in [3.05, 3.63) is 77.9 Å². The molecule has 3 heteroatoms. The van der Waals surface area contributed by atoms with Gasteiger partial charge in [-0.1, -0.05) is 66.7 Å². The van der Waals surface area contributed by atoms with Gasteiger partial charge >= 0.3 is 0 Å². The maximum absolute atomic E-state index is 11.7. The SMILES string of the molecule is Br.Br.O=C(/C=C/c1ccccc1)c1ccccc1. The molecule has 0 radical (unpaired) electrons. The summed E-state index contributed by atoms with van der Waals surface area (Å²) >= 11 is 0. The summed E-state index contributed by atoms with van der Waals surface area (Å²) in [5, 5.41) is 0. The van der Waals surface area contributed by atoms with E-state index < -0.39 is 0 Å². The van der Waals surface area contributed by atoms with Gasteiger partial charge in [-0.25, -0.2) is 0 Å². The van der Waals surface area contributed by atoms with Crippen LogP contribution in [-0.2, 0) is 0 Å². The fourth-order valence-corrected chi connectivity index (χ4v) is 1.43. The van der Waals surface area contributed by atoms with Crippen molar-refractivity contribution in [2.75, 3.05) is 0 Å². The second-order valence-electron chi connectivity index (χ2n) is 3.47. The minimum absolute atomic E-state index is 0. The molecule has 0 saturated carbocycles. The van der Waals surface area contributed by atoms with Crippen molar-refractivity contribution in [2.24, 2.45) is 0 Å².